The van der Waals surface area contributed by atoms with Crippen LogP contribution in [0.1, 0.15) is 19.3 Å². The van der Waals surface area contributed by atoms with Crippen LogP contribution in [0.2, 0.25) is 0 Å². The molecule has 2 unspecified atom stereocenters. The van der Waals surface area contributed by atoms with Crippen molar-refractivity contribution in [2.24, 2.45) is 5.92 Å². The molecule has 1 N–H and O–H groups in total. The first-order chi connectivity index (χ1) is 6.72. The Bertz CT molecular complexity index is 215. The number of hydrogen-bond donors (Lipinski definition) is 1. The Morgan fingerprint density at radius 3 is 3.07 bits per heavy atom. The molecule has 0 aliphatic heterocycles. The number of ether oxygens (including phenoxy) is 1. The standard InChI is InChI=1S/C10H15IO3/c11-6-9(12)7-14-10(13)5-8-3-1-2-4-8/h1,3,8-9,12H,2,4-7H2. The lowest BCUT2D eigenvalue weighted by Gasteiger charge is -2.10. The van der Waals surface area contributed by atoms with Crippen molar-refractivity contribution in [3.05, 3.63) is 12.2 Å². The SMILES string of the molecule is O=C(CC1C=CCC1)OCC(O)CI. The van der Waals surface area contributed by atoms with Crippen molar-refractivity contribution in [2.75, 3.05) is 11.0 Å². The van der Waals surface area contributed by atoms with Crippen LogP contribution in [0.4, 0.5) is 0 Å². The lowest BCUT2D eigenvalue weighted by molar-refractivity contribution is -0.146. The second-order valence-electron chi connectivity index (χ2n) is 3.46. The molecule has 0 aromatic heterocycles. The molecule has 0 aromatic rings. The molecule has 0 amide bonds. The van der Waals surface area contributed by atoms with Crippen LogP contribution in [-0.4, -0.2) is 28.2 Å². The molecule has 1 aliphatic rings. The molecule has 4 heteroatoms. The molecule has 3 nitrogen and oxygen atoms in total. The Morgan fingerprint density at radius 2 is 2.50 bits per heavy atom. The Labute approximate surface area is 97.7 Å². The predicted octanol–water partition coefficient (Wildman–Crippen LogP) is 1.68. The van der Waals surface area contributed by atoms with Gasteiger partial charge in [0.15, 0.2) is 0 Å². The van der Waals surface area contributed by atoms with E-state index in [9.17, 15) is 4.79 Å². The molecule has 0 fully saturated rings. The van der Waals surface area contributed by atoms with Crippen LogP contribution in [0.5, 0.6) is 0 Å². The molecule has 0 spiro atoms. The first-order valence-electron chi connectivity index (χ1n) is 4.78. The molecule has 14 heavy (non-hydrogen) atoms. The number of aliphatic hydroxyl groups is 1. The number of esters is 1. The maximum absolute atomic E-state index is 11.2. The highest BCUT2D eigenvalue weighted by molar-refractivity contribution is 14.1. The zero-order valence-corrected chi connectivity index (χ0v) is 10.1. The van der Waals surface area contributed by atoms with Gasteiger partial charge in [0.25, 0.3) is 0 Å². The highest BCUT2D eigenvalue weighted by atomic mass is 127. The average Bonchev–Trinajstić information content (AvgIpc) is 2.66. The van der Waals surface area contributed by atoms with E-state index in [4.69, 9.17) is 9.84 Å². The van der Waals surface area contributed by atoms with Gasteiger partial charge in [0.2, 0.25) is 0 Å². The van der Waals surface area contributed by atoms with E-state index >= 15 is 0 Å². The van der Waals surface area contributed by atoms with Gasteiger partial charge in [-0.05, 0) is 18.8 Å². The van der Waals surface area contributed by atoms with Crippen LogP contribution < -0.4 is 0 Å². The molecule has 0 saturated carbocycles. The van der Waals surface area contributed by atoms with E-state index in [0.29, 0.717) is 16.8 Å². The highest BCUT2D eigenvalue weighted by Gasteiger charge is 2.15. The van der Waals surface area contributed by atoms with Crippen LogP contribution in [0.25, 0.3) is 0 Å². The fourth-order valence-electron chi connectivity index (χ4n) is 1.37. The van der Waals surface area contributed by atoms with Crippen molar-refractivity contribution in [1.29, 1.82) is 0 Å². The van der Waals surface area contributed by atoms with Gasteiger partial charge in [0.05, 0.1) is 12.5 Å². The smallest absolute Gasteiger partial charge is 0.306 e. The molecule has 0 bridgehead atoms. The summed E-state index contributed by atoms with van der Waals surface area (Å²) in [6, 6.07) is 0. The molecule has 1 rings (SSSR count). The maximum Gasteiger partial charge on any atom is 0.306 e. The maximum atomic E-state index is 11.2. The Morgan fingerprint density at radius 1 is 1.71 bits per heavy atom. The second kappa shape index (κ2) is 6.40. The zero-order valence-electron chi connectivity index (χ0n) is 7.99. The van der Waals surface area contributed by atoms with Crippen molar-refractivity contribution >= 4 is 28.6 Å². The number of rotatable bonds is 5. The van der Waals surface area contributed by atoms with Gasteiger partial charge in [0, 0.05) is 4.43 Å². The van der Waals surface area contributed by atoms with E-state index in [2.05, 4.69) is 34.7 Å². The first kappa shape index (κ1) is 12.0. The molecule has 0 aromatic carbocycles. The van der Waals surface area contributed by atoms with Crippen molar-refractivity contribution in [3.63, 3.8) is 0 Å². The van der Waals surface area contributed by atoms with E-state index < -0.39 is 6.10 Å². The van der Waals surface area contributed by atoms with Crippen LogP contribution in [0.3, 0.4) is 0 Å². The van der Waals surface area contributed by atoms with Crippen molar-refractivity contribution in [2.45, 2.75) is 25.4 Å². The Kier molecular flexibility index (Phi) is 5.47. The monoisotopic (exact) mass is 310 g/mol. The number of alkyl halides is 1. The largest absolute Gasteiger partial charge is 0.463 e. The quantitative estimate of drug-likeness (QED) is 0.364. The fourth-order valence-corrected chi connectivity index (χ4v) is 1.63. The summed E-state index contributed by atoms with van der Waals surface area (Å²) in [7, 11) is 0. The molecule has 1 aliphatic carbocycles. The summed E-state index contributed by atoms with van der Waals surface area (Å²) < 4.78 is 5.52. The van der Waals surface area contributed by atoms with Crippen LogP contribution in [0.15, 0.2) is 12.2 Å². The molecule has 2 atom stereocenters. The average molecular weight is 310 g/mol. The summed E-state index contributed by atoms with van der Waals surface area (Å²) in [6.07, 6.45) is 6.19. The predicted molar refractivity (Wildman–Crippen MR) is 62.3 cm³/mol. The second-order valence-corrected chi connectivity index (χ2v) is 4.34. The molecular formula is C10H15IO3. The van der Waals surface area contributed by atoms with E-state index in [1.54, 1.807) is 0 Å². The summed E-state index contributed by atoms with van der Waals surface area (Å²) in [4.78, 5) is 11.2. The third-order valence-corrected chi connectivity index (χ3v) is 3.17. The minimum atomic E-state index is -0.529. The molecule has 0 saturated heterocycles. The number of hydrogen-bond acceptors (Lipinski definition) is 3. The van der Waals surface area contributed by atoms with Crippen molar-refractivity contribution in [1.82, 2.24) is 0 Å². The van der Waals surface area contributed by atoms with Crippen molar-refractivity contribution < 1.29 is 14.6 Å². The van der Waals surface area contributed by atoms with Gasteiger partial charge in [-0.1, -0.05) is 34.7 Å². The summed E-state index contributed by atoms with van der Waals surface area (Å²) in [5, 5.41) is 9.17. The van der Waals surface area contributed by atoms with Crippen LogP contribution in [-0.2, 0) is 9.53 Å². The van der Waals surface area contributed by atoms with E-state index in [-0.39, 0.29) is 12.6 Å². The summed E-state index contributed by atoms with van der Waals surface area (Å²) in [6.45, 7) is 0.123. The lowest BCUT2D eigenvalue weighted by atomic mass is 10.1. The van der Waals surface area contributed by atoms with Gasteiger partial charge in [-0.25, -0.2) is 0 Å². The van der Waals surface area contributed by atoms with Gasteiger partial charge < -0.3 is 9.84 Å². The Balaban J connectivity index is 2.12. The number of halogens is 1. The normalized spacial score (nSPS) is 22.3. The minimum Gasteiger partial charge on any atom is -0.463 e. The molecule has 0 radical (unpaired) electrons. The van der Waals surface area contributed by atoms with Crippen LogP contribution in [0, 0.1) is 5.92 Å². The van der Waals surface area contributed by atoms with Gasteiger partial charge >= 0.3 is 5.97 Å². The molecule has 0 heterocycles. The third kappa shape index (κ3) is 4.41. The van der Waals surface area contributed by atoms with Crippen molar-refractivity contribution in [3.8, 4) is 0 Å². The highest BCUT2D eigenvalue weighted by Crippen LogP contribution is 2.20. The van der Waals surface area contributed by atoms with E-state index in [0.717, 1.165) is 12.8 Å². The minimum absolute atomic E-state index is 0.123. The van der Waals surface area contributed by atoms with Crippen LogP contribution >= 0.6 is 22.6 Å². The first-order valence-corrected chi connectivity index (χ1v) is 6.31. The number of carbonyl (C=O) groups is 1. The summed E-state index contributed by atoms with van der Waals surface area (Å²) >= 11 is 2.06. The Hall–Kier alpha value is -0.100. The van der Waals surface area contributed by atoms with E-state index in [1.807, 2.05) is 0 Å². The van der Waals surface area contributed by atoms with E-state index in [1.165, 1.54) is 0 Å². The number of allylic oxidation sites excluding steroid dienone is 2. The van der Waals surface area contributed by atoms with Gasteiger partial charge in [-0.2, -0.15) is 0 Å². The topological polar surface area (TPSA) is 46.5 Å². The number of aliphatic hydroxyl groups excluding tert-OH is 1. The van der Waals surface area contributed by atoms with Gasteiger partial charge in [0.1, 0.15) is 6.61 Å². The number of carbonyl (C=O) groups excluding carboxylic acids is 1. The molecular weight excluding hydrogens is 295 g/mol. The lowest BCUT2D eigenvalue weighted by Crippen LogP contribution is -2.20. The third-order valence-electron chi connectivity index (χ3n) is 2.16. The molecule has 80 valence electrons. The van der Waals surface area contributed by atoms with Gasteiger partial charge in [-0.15, -0.1) is 0 Å². The zero-order chi connectivity index (χ0) is 10.4. The summed E-state index contributed by atoms with van der Waals surface area (Å²) in [5.41, 5.74) is 0. The fraction of sp³-hybridized carbons (Fsp3) is 0.700. The summed E-state index contributed by atoms with van der Waals surface area (Å²) in [5.74, 6) is 0.143. The van der Waals surface area contributed by atoms with Gasteiger partial charge in [-0.3, -0.25) is 4.79 Å².